The van der Waals surface area contributed by atoms with Gasteiger partial charge in [0.1, 0.15) is 6.61 Å². The second kappa shape index (κ2) is 11.7. The second-order valence-corrected chi connectivity index (χ2v) is 11.0. The molecule has 1 heterocycles. The Morgan fingerprint density at radius 2 is 1.72 bits per heavy atom. The van der Waals surface area contributed by atoms with E-state index in [2.05, 4.69) is 15.9 Å². The fourth-order valence-corrected chi connectivity index (χ4v) is 5.77. The molecule has 11 heteroatoms. The molecular formula is C25H16BrCl4NO4S. The average molecular weight is 648 g/mol. The summed E-state index contributed by atoms with van der Waals surface area (Å²) in [6.45, 7) is 0.168. The highest BCUT2D eigenvalue weighted by Crippen LogP contribution is 2.40. The van der Waals surface area contributed by atoms with Gasteiger partial charge in [0.2, 0.25) is 0 Å². The summed E-state index contributed by atoms with van der Waals surface area (Å²) in [6, 6.07) is 13.6. The summed E-state index contributed by atoms with van der Waals surface area (Å²) in [6.07, 6.45) is 1.62. The molecule has 36 heavy (non-hydrogen) atoms. The minimum absolute atomic E-state index is 0.0203. The third kappa shape index (κ3) is 5.98. The molecule has 0 aliphatic carbocycles. The lowest BCUT2D eigenvalue weighted by Gasteiger charge is -2.15. The molecule has 3 aromatic carbocycles. The molecule has 1 saturated heterocycles. The van der Waals surface area contributed by atoms with Crippen molar-refractivity contribution < 1.29 is 19.1 Å². The van der Waals surface area contributed by atoms with E-state index in [1.54, 1.807) is 54.6 Å². The Balaban J connectivity index is 1.55. The van der Waals surface area contributed by atoms with Crippen LogP contribution in [0.1, 0.15) is 16.7 Å². The van der Waals surface area contributed by atoms with Crippen molar-refractivity contribution in [1.82, 2.24) is 4.90 Å². The third-order valence-corrected chi connectivity index (χ3v) is 7.98. The Bertz CT molecular complexity index is 1380. The fraction of sp³-hybridized carbons (Fsp3) is 0.120. The van der Waals surface area contributed by atoms with Gasteiger partial charge >= 0.3 is 0 Å². The highest BCUT2D eigenvalue weighted by Gasteiger charge is 2.35. The first-order valence-corrected chi connectivity index (χ1v) is 13.4. The van der Waals surface area contributed by atoms with Crippen LogP contribution in [0.2, 0.25) is 20.1 Å². The van der Waals surface area contributed by atoms with E-state index >= 15 is 0 Å². The van der Waals surface area contributed by atoms with Crippen LogP contribution in [0.3, 0.4) is 0 Å². The molecule has 1 fully saturated rings. The molecule has 1 aliphatic heterocycles. The normalized spacial score (nSPS) is 14.6. The molecule has 0 aromatic heterocycles. The van der Waals surface area contributed by atoms with Crippen molar-refractivity contribution in [1.29, 1.82) is 0 Å². The van der Waals surface area contributed by atoms with Gasteiger partial charge in [0.25, 0.3) is 11.1 Å². The first-order valence-electron chi connectivity index (χ1n) is 10.3. The summed E-state index contributed by atoms with van der Waals surface area (Å²) < 4.78 is 12.1. The molecular weight excluding hydrogens is 632 g/mol. The Labute approximate surface area is 240 Å². The number of ether oxygens (including phenoxy) is 2. The molecule has 4 rings (SSSR count). The molecule has 0 spiro atoms. The van der Waals surface area contributed by atoms with Crippen molar-refractivity contribution in [3.63, 3.8) is 0 Å². The summed E-state index contributed by atoms with van der Waals surface area (Å²) in [5.41, 5.74) is 1.90. The molecule has 2 amide bonds. The van der Waals surface area contributed by atoms with E-state index in [0.717, 1.165) is 22.2 Å². The van der Waals surface area contributed by atoms with Crippen LogP contribution in [0.25, 0.3) is 6.08 Å². The molecule has 0 atom stereocenters. The molecule has 0 N–H and O–H groups in total. The Kier molecular flexibility index (Phi) is 8.81. The van der Waals surface area contributed by atoms with Crippen LogP contribution >= 0.6 is 74.1 Å². The first-order chi connectivity index (χ1) is 17.2. The highest BCUT2D eigenvalue weighted by atomic mass is 79.9. The molecule has 0 unspecified atom stereocenters. The maximum Gasteiger partial charge on any atom is 0.293 e. The Morgan fingerprint density at radius 1 is 1.00 bits per heavy atom. The molecule has 186 valence electrons. The van der Waals surface area contributed by atoms with E-state index < -0.39 is 11.1 Å². The highest BCUT2D eigenvalue weighted by molar-refractivity contribution is 9.10. The van der Waals surface area contributed by atoms with E-state index in [0.29, 0.717) is 47.2 Å². The molecule has 1 aliphatic rings. The fourth-order valence-electron chi connectivity index (χ4n) is 3.38. The molecule has 3 aromatic rings. The van der Waals surface area contributed by atoms with Gasteiger partial charge < -0.3 is 9.47 Å². The monoisotopic (exact) mass is 645 g/mol. The van der Waals surface area contributed by atoms with Gasteiger partial charge in [-0.2, -0.15) is 0 Å². The Hall–Kier alpha value is -1.87. The van der Waals surface area contributed by atoms with Crippen molar-refractivity contribution in [3.05, 3.63) is 94.7 Å². The van der Waals surface area contributed by atoms with Crippen molar-refractivity contribution in [2.45, 2.75) is 13.2 Å². The van der Waals surface area contributed by atoms with E-state index in [9.17, 15) is 9.59 Å². The summed E-state index contributed by atoms with van der Waals surface area (Å²) in [4.78, 5) is 27.0. The van der Waals surface area contributed by atoms with Crippen molar-refractivity contribution in [2.24, 2.45) is 0 Å². The quantitative estimate of drug-likeness (QED) is 0.240. The lowest BCUT2D eigenvalue weighted by molar-refractivity contribution is -0.123. The average Bonchev–Trinajstić information content (AvgIpc) is 3.08. The largest absolute Gasteiger partial charge is 0.493 e. The summed E-state index contributed by atoms with van der Waals surface area (Å²) >= 11 is 29.0. The first kappa shape index (κ1) is 27.2. The van der Waals surface area contributed by atoms with Crippen LogP contribution < -0.4 is 9.47 Å². The van der Waals surface area contributed by atoms with E-state index in [-0.39, 0.29) is 18.1 Å². The number of carbonyl (C=O) groups is 2. The molecule has 5 nitrogen and oxygen atoms in total. The summed E-state index contributed by atoms with van der Waals surface area (Å²) in [5, 5.41) is 1.38. The van der Waals surface area contributed by atoms with Crippen LogP contribution in [-0.4, -0.2) is 23.2 Å². The van der Waals surface area contributed by atoms with E-state index in [1.165, 1.54) is 7.11 Å². The number of imide groups is 1. The topological polar surface area (TPSA) is 55.8 Å². The predicted molar refractivity (Wildman–Crippen MR) is 149 cm³/mol. The van der Waals surface area contributed by atoms with Gasteiger partial charge in [0.05, 0.1) is 23.0 Å². The van der Waals surface area contributed by atoms with Crippen LogP contribution in [-0.2, 0) is 17.9 Å². The molecule has 0 saturated carbocycles. The van der Waals surface area contributed by atoms with E-state index in [1.807, 2.05) is 0 Å². The number of thioether (sulfide) groups is 1. The number of hydrogen-bond donors (Lipinski definition) is 0. The number of nitrogens with zero attached hydrogens (tertiary/aromatic N) is 1. The smallest absolute Gasteiger partial charge is 0.293 e. The zero-order valence-corrected chi connectivity index (χ0v) is 23.9. The SMILES string of the molecule is COc1cc(/C=C2\SC(=O)N(Cc3c(Cl)cccc3Cl)C2=O)cc(Br)c1OCc1ccc(Cl)cc1Cl. The van der Waals surface area contributed by atoms with Gasteiger partial charge in [-0.05, 0) is 75.7 Å². The number of rotatable bonds is 7. The Morgan fingerprint density at radius 3 is 2.39 bits per heavy atom. The van der Waals surface area contributed by atoms with Gasteiger partial charge in [-0.3, -0.25) is 14.5 Å². The van der Waals surface area contributed by atoms with Gasteiger partial charge in [0, 0.05) is 31.2 Å². The number of hydrogen-bond acceptors (Lipinski definition) is 5. The van der Waals surface area contributed by atoms with Crippen LogP contribution in [0.5, 0.6) is 11.5 Å². The summed E-state index contributed by atoms with van der Waals surface area (Å²) in [5.74, 6) is 0.457. The minimum atomic E-state index is -0.436. The minimum Gasteiger partial charge on any atom is -0.493 e. The van der Waals surface area contributed by atoms with Crippen molar-refractivity contribution in [2.75, 3.05) is 7.11 Å². The lowest BCUT2D eigenvalue weighted by Crippen LogP contribution is -2.27. The number of methoxy groups -OCH3 is 1. The standard InChI is InChI=1S/C25H16BrCl4NO4S/c1-34-21-8-13(7-17(26)23(21)35-12-14-5-6-15(27)10-20(14)30)9-22-24(32)31(25(33)36-22)11-16-18(28)3-2-4-19(16)29/h2-10H,11-12H2,1H3/b22-9-. The zero-order chi connectivity index (χ0) is 26.0. The predicted octanol–water partition coefficient (Wildman–Crippen LogP) is 8.89. The van der Waals surface area contributed by atoms with Gasteiger partial charge in [0.15, 0.2) is 11.5 Å². The molecule has 0 radical (unpaired) electrons. The van der Waals surface area contributed by atoms with Crippen LogP contribution in [0.15, 0.2) is 57.9 Å². The third-order valence-electron chi connectivity index (χ3n) is 5.19. The van der Waals surface area contributed by atoms with Crippen molar-refractivity contribution in [3.8, 4) is 11.5 Å². The number of halogens is 5. The zero-order valence-electron chi connectivity index (χ0n) is 18.5. The molecule has 0 bridgehead atoms. The van der Waals surface area contributed by atoms with Crippen LogP contribution in [0, 0.1) is 0 Å². The maximum atomic E-state index is 13.0. The van der Waals surface area contributed by atoms with Crippen molar-refractivity contribution >= 4 is 91.3 Å². The second-order valence-electron chi connectivity index (χ2n) is 7.53. The van der Waals surface area contributed by atoms with E-state index in [4.69, 9.17) is 55.9 Å². The lowest BCUT2D eigenvalue weighted by atomic mass is 10.1. The van der Waals surface area contributed by atoms with Gasteiger partial charge in [-0.25, -0.2) is 0 Å². The maximum absolute atomic E-state index is 13.0. The van der Waals surface area contributed by atoms with Crippen LogP contribution in [0.4, 0.5) is 4.79 Å². The van der Waals surface area contributed by atoms with Gasteiger partial charge in [-0.15, -0.1) is 0 Å². The number of benzene rings is 3. The summed E-state index contributed by atoms with van der Waals surface area (Å²) in [7, 11) is 1.51. The number of carbonyl (C=O) groups excluding carboxylic acids is 2. The van der Waals surface area contributed by atoms with Gasteiger partial charge in [-0.1, -0.05) is 58.5 Å². The number of amides is 2.